The predicted octanol–water partition coefficient (Wildman–Crippen LogP) is 3.64. The summed E-state index contributed by atoms with van der Waals surface area (Å²) < 4.78 is 15.5. The first-order chi connectivity index (χ1) is 8.04. The van der Waals surface area contributed by atoms with Gasteiger partial charge in [0, 0.05) is 23.7 Å². The number of rotatable bonds is 3. The summed E-state index contributed by atoms with van der Waals surface area (Å²) in [5.74, 6) is -0.179. The maximum absolute atomic E-state index is 13.3. The third-order valence-electron chi connectivity index (χ3n) is 3.28. The molecule has 2 rings (SSSR count). The van der Waals surface area contributed by atoms with Crippen LogP contribution in [0.5, 0.6) is 0 Å². The first-order valence-corrected chi connectivity index (χ1v) is 6.02. The predicted molar refractivity (Wildman–Crippen MR) is 69.8 cm³/mol. The molecule has 1 unspecified atom stereocenters. The second-order valence-corrected chi connectivity index (χ2v) is 4.76. The molecule has 1 N–H and O–H groups in total. The van der Waals surface area contributed by atoms with Crippen LogP contribution in [0.2, 0.25) is 0 Å². The van der Waals surface area contributed by atoms with Crippen molar-refractivity contribution < 1.29 is 4.39 Å². The number of aromatic nitrogens is 1. The van der Waals surface area contributed by atoms with E-state index in [1.165, 1.54) is 11.6 Å². The number of halogens is 1. The molecule has 0 radical (unpaired) electrons. The number of hydrogen-bond donors (Lipinski definition) is 1. The highest BCUT2D eigenvalue weighted by Crippen LogP contribution is 2.29. The minimum Gasteiger partial charge on any atom is -0.345 e. The third-order valence-corrected chi connectivity index (χ3v) is 3.28. The van der Waals surface area contributed by atoms with Crippen molar-refractivity contribution in [3.8, 4) is 0 Å². The van der Waals surface area contributed by atoms with Crippen LogP contribution in [0, 0.1) is 5.82 Å². The van der Waals surface area contributed by atoms with Crippen LogP contribution in [0.3, 0.4) is 0 Å². The summed E-state index contributed by atoms with van der Waals surface area (Å²) >= 11 is 0. The lowest BCUT2D eigenvalue weighted by molar-refractivity contribution is 0.603. The number of nitrogens with one attached hydrogen (secondary N) is 1. The van der Waals surface area contributed by atoms with Crippen molar-refractivity contribution in [1.82, 2.24) is 9.88 Å². The Morgan fingerprint density at radius 3 is 2.53 bits per heavy atom. The van der Waals surface area contributed by atoms with Crippen LogP contribution >= 0.6 is 0 Å². The van der Waals surface area contributed by atoms with E-state index in [-0.39, 0.29) is 11.9 Å². The largest absolute Gasteiger partial charge is 0.345 e. The Balaban J connectivity index is 2.70. The summed E-state index contributed by atoms with van der Waals surface area (Å²) in [5, 5.41) is 4.36. The van der Waals surface area contributed by atoms with Gasteiger partial charge < -0.3 is 9.88 Å². The van der Waals surface area contributed by atoms with Crippen LogP contribution in [-0.2, 0) is 0 Å². The smallest absolute Gasteiger partial charge is 0.125 e. The van der Waals surface area contributed by atoms with Crippen LogP contribution in [0.1, 0.15) is 38.4 Å². The maximum Gasteiger partial charge on any atom is 0.125 e. The molecule has 2 nitrogen and oxygen atoms in total. The quantitative estimate of drug-likeness (QED) is 0.858. The van der Waals surface area contributed by atoms with Crippen LogP contribution in [-0.4, -0.2) is 11.6 Å². The zero-order chi connectivity index (χ0) is 12.6. The van der Waals surface area contributed by atoms with Crippen molar-refractivity contribution in [3.05, 3.63) is 35.8 Å². The van der Waals surface area contributed by atoms with Gasteiger partial charge in [-0.25, -0.2) is 4.39 Å². The fourth-order valence-corrected chi connectivity index (χ4v) is 2.18. The fraction of sp³-hybridized carbons (Fsp3) is 0.429. The summed E-state index contributed by atoms with van der Waals surface area (Å²) in [5.41, 5.74) is 2.19. The topological polar surface area (TPSA) is 17.0 Å². The van der Waals surface area contributed by atoms with Gasteiger partial charge in [0.2, 0.25) is 0 Å². The fourth-order valence-electron chi connectivity index (χ4n) is 2.18. The number of hydrogen-bond acceptors (Lipinski definition) is 1. The van der Waals surface area contributed by atoms with E-state index in [9.17, 15) is 4.39 Å². The summed E-state index contributed by atoms with van der Waals surface area (Å²) in [6.45, 7) is 6.33. The monoisotopic (exact) mass is 234 g/mol. The normalized spacial score (nSPS) is 13.5. The van der Waals surface area contributed by atoms with Gasteiger partial charge in [-0.15, -0.1) is 0 Å². The van der Waals surface area contributed by atoms with Gasteiger partial charge in [0.25, 0.3) is 0 Å². The Morgan fingerprint density at radius 1 is 1.24 bits per heavy atom. The van der Waals surface area contributed by atoms with Gasteiger partial charge in [0.1, 0.15) is 5.82 Å². The third kappa shape index (κ3) is 2.07. The highest BCUT2D eigenvalue weighted by Gasteiger charge is 2.14. The number of nitrogens with zero attached hydrogens (tertiary/aromatic N) is 1. The van der Waals surface area contributed by atoms with E-state index >= 15 is 0 Å². The van der Waals surface area contributed by atoms with Gasteiger partial charge in [-0.1, -0.05) is 0 Å². The summed E-state index contributed by atoms with van der Waals surface area (Å²) in [4.78, 5) is 0. The molecule has 0 fully saturated rings. The zero-order valence-corrected chi connectivity index (χ0v) is 10.8. The molecule has 0 saturated heterocycles. The van der Waals surface area contributed by atoms with Gasteiger partial charge >= 0.3 is 0 Å². The molecular weight excluding hydrogens is 215 g/mol. The van der Waals surface area contributed by atoms with E-state index in [0.29, 0.717) is 6.04 Å². The average Bonchev–Trinajstić information content (AvgIpc) is 2.66. The Kier molecular flexibility index (Phi) is 3.20. The van der Waals surface area contributed by atoms with Crippen molar-refractivity contribution in [2.75, 3.05) is 7.05 Å². The van der Waals surface area contributed by atoms with Crippen molar-refractivity contribution >= 4 is 10.9 Å². The maximum atomic E-state index is 13.3. The second kappa shape index (κ2) is 4.49. The molecule has 92 valence electrons. The van der Waals surface area contributed by atoms with Crippen LogP contribution in [0.4, 0.5) is 4.39 Å². The molecule has 0 saturated carbocycles. The van der Waals surface area contributed by atoms with Crippen molar-refractivity contribution in [3.63, 3.8) is 0 Å². The van der Waals surface area contributed by atoms with Crippen molar-refractivity contribution in [1.29, 1.82) is 0 Å². The Morgan fingerprint density at radius 2 is 1.94 bits per heavy atom. The Bertz CT molecular complexity index is 528. The lowest BCUT2D eigenvalue weighted by atomic mass is 10.1. The van der Waals surface area contributed by atoms with E-state index in [1.807, 2.05) is 13.1 Å². The van der Waals surface area contributed by atoms with Crippen molar-refractivity contribution in [2.24, 2.45) is 0 Å². The van der Waals surface area contributed by atoms with E-state index in [1.54, 1.807) is 6.07 Å². The first kappa shape index (κ1) is 12.1. The lowest BCUT2D eigenvalue weighted by Crippen LogP contribution is -2.11. The second-order valence-electron chi connectivity index (χ2n) is 4.76. The molecule has 0 spiro atoms. The minimum absolute atomic E-state index is 0.179. The molecule has 0 bridgehead atoms. The lowest BCUT2D eigenvalue weighted by Gasteiger charge is -2.09. The van der Waals surface area contributed by atoms with Gasteiger partial charge in [-0.2, -0.15) is 0 Å². The molecule has 0 aliphatic carbocycles. The van der Waals surface area contributed by atoms with Crippen LogP contribution in [0.25, 0.3) is 10.9 Å². The standard InChI is InChI=1S/C14H19FN2/c1-9(2)17-8-13(10(3)16-4)12-6-5-11(15)7-14(12)17/h5-10,16H,1-4H3. The molecule has 17 heavy (non-hydrogen) atoms. The van der Waals surface area contributed by atoms with E-state index < -0.39 is 0 Å². The molecule has 0 aliphatic rings. The first-order valence-electron chi connectivity index (χ1n) is 6.02. The Labute approximate surface area is 101 Å². The van der Waals surface area contributed by atoms with Gasteiger partial charge in [0.15, 0.2) is 0 Å². The average molecular weight is 234 g/mol. The highest BCUT2D eigenvalue weighted by molar-refractivity contribution is 5.84. The molecule has 1 aromatic carbocycles. The van der Waals surface area contributed by atoms with Crippen molar-refractivity contribution in [2.45, 2.75) is 32.9 Å². The van der Waals surface area contributed by atoms with E-state index in [2.05, 4.69) is 36.9 Å². The molecule has 3 heteroatoms. The van der Waals surface area contributed by atoms with Crippen LogP contribution in [0.15, 0.2) is 24.4 Å². The van der Waals surface area contributed by atoms with Gasteiger partial charge in [-0.05, 0) is 51.6 Å². The van der Waals surface area contributed by atoms with Gasteiger partial charge in [-0.3, -0.25) is 0 Å². The molecule has 1 heterocycles. The minimum atomic E-state index is -0.179. The van der Waals surface area contributed by atoms with E-state index in [0.717, 1.165) is 10.9 Å². The number of benzene rings is 1. The molecule has 1 aromatic heterocycles. The Hall–Kier alpha value is -1.35. The summed E-state index contributed by atoms with van der Waals surface area (Å²) in [7, 11) is 1.94. The molecule has 0 amide bonds. The van der Waals surface area contributed by atoms with Gasteiger partial charge in [0.05, 0.1) is 5.52 Å². The van der Waals surface area contributed by atoms with E-state index in [4.69, 9.17) is 0 Å². The molecule has 1 atom stereocenters. The van der Waals surface area contributed by atoms with Crippen LogP contribution < -0.4 is 5.32 Å². The summed E-state index contributed by atoms with van der Waals surface area (Å²) in [6.07, 6.45) is 2.12. The molecule has 0 aliphatic heterocycles. The SMILES string of the molecule is CNC(C)c1cn(C(C)C)c2cc(F)ccc12. The molecular formula is C14H19FN2. The highest BCUT2D eigenvalue weighted by atomic mass is 19.1. The summed E-state index contributed by atoms with van der Waals surface area (Å²) in [6, 6.07) is 5.60. The zero-order valence-electron chi connectivity index (χ0n) is 10.8. The number of fused-ring (bicyclic) bond motifs is 1. The molecule has 2 aromatic rings.